The molecule has 0 radical (unpaired) electrons. The molecule has 0 amide bonds. The molecule has 34 heavy (non-hydrogen) atoms. The number of hydrogen-bond acceptors (Lipinski definition) is 8. The van der Waals surface area contributed by atoms with Gasteiger partial charge in [-0.25, -0.2) is 13.4 Å². The molecule has 1 fully saturated rings. The Kier molecular flexibility index (Phi) is 5.93. The first-order valence-corrected chi connectivity index (χ1v) is 12.8. The smallest absolute Gasteiger partial charge is 0.228 e. The average molecular weight is 479 g/mol. The predicted octanol–water partition coefficient (Wildman–Crippen LogP) is 3.40. The Morgan fingerprint density at radius 1 is 1.03 bits per heavy atom. The maximum absolute atomic E-state index is 12.1. The lowest BCUT2D eigenvalue weighted by atomic mass is 10.1. The van der Waals surface area contributed by atoms with Crippen LogP contribution in [0.2, 0.25) is 0 Å². The van der Waals surface area contributed by atoms with Crippen LogP contribution in [0.1, 0.15) is 6.92 Å². The van der Waals surface area contributed by atoms with Crippen molar-refractivity contribution in [3.8, 4) is 11.3 Å². The zero-order chi connectivity index (χ0) is 23.7. The van der Waals surface area contributed by atoms with E-state index in [-0.39, 0.29) is 5.75 Å². The van der Waals surface area contributed by atoms with Crippen LogP contribution < -0.4 is 10.2 Å². The normalized spacial score (nSPS) is 14.5. The molecule has 4 aromatic rings. The van der Waals surface area contributed by atoms with E-state index in [1.54, 1.807) is 31.2 Å². The fourth-order valence-corrected chi connectivity index (χ4v) is 4.80. The van der Waals surface area contributed by atoms with Gasteiger partial charge in [0.15, 0.2) is 9.84 Å². The molecule has 0 atom stereocenters. The zero-order valence-electron chi connectivity index (χ0n) is 19.1. The third kappa shape index (κ3) is 4.46. The van der Waals surface area contributed by atoms with E-state index in [1.165, 1.54) is 0 Å². The van der Waals surface area contributed by atoms with Crippen molar-refractivity contribution in [2.75, 3.05) is 42.3 Å². The highest BCUT2D eigenvalue weighted by Crippen LogP contribution is 2.28. The number of anilines is 3. The van der Waals surface area contributed by atoms with Crippen molar-refractivity contribution in [1.29, 1.82) is 0 Å². The van der Waals surface area contributed by atoms with E-state index in [0.29, 0.717) is 43.0 Å². The summed E-state index contributed by atoms with van der Waals surface area (Å²) in [4.78, 5) is 12.0. The number of benzene rings is 2. The summed E-state index contributed by atoms with van der Waals surface area (Å²) in [7, 11) is -1.33. The number of hydrogen-bond donors (Lipinski definition) is 1. The number of nitrogens with one attached hydrogen (secondary N) is 1. The molecule has 1 aliphatic rings. The summed E-state index contributed by atoms with van der Waals surface area (Å²) >= 11 is 0. The minimum atomic E-state index is -3.25. The SMILES string of the molecule is CCS(=O)(=O)c1ccc(Nc2cc(-c3ccc4cnn(C)c4c3)nc(N3CCOCC3)n2)cc1. The Balaban J connectivity index is 1.52. The molecule has 5 rings (SSSR count). The molecule has 2 aromatic heterocycles. The molecule has 2 aromatic carbocycles. The quantitative estimate of drug-likeness (QED) is 0.450. The summed E-state index contributed by atoms with van der Waals surface area (Å²) in [6, 6.07) is 14.8. The molecule has 176 valence electrons. The standard InChI is InChI=1S/C24H26N6O3S/c1-3-34(31,32)20-8-6-19(7-9-20)26-23-15-21(27-24(28-23)30-10-12-33-13-11-30)17-4-5-18-16-25-29(2)22(18)14-17/h4-9,14-16H,3,10-13H2,1-2H3,(H,26,27,28). The van der Waals surface area contributed by atoms with E-state index in [0.717, 1.165) is 27.8 Å². The van der Waals surface area contributed by atoms with Gasteiger partial charge in [0.05, 0.1) is 41.3 Å². The Hall–Kier alpha value is -3.50. The van der Waals surface area contributed by atoms with Crippen LogP contribution in [0.3, 0.4) is 0 Å². The summed E-state index contributed by atoms with van der Waals surface area (Å²) < 4.78 is 31.6. The van der Waals surface area contributed by atoms with E-state index in [1.807, 2.05) is 36.1 Å². The lowest BCUT2D eigenvalue weighted by Gasteiger charge is -2.27. The Morgan fingerprint density at radius 2 is 1.79 bits per heavy atom. The molecule has 9 nitrogen and oxygen atoms in total. The molecule has 0 aliphatic carbocycles. The number of fused-ring (bicyclic) bond motifs is 1. The minimum absolute atomic E-state index is 0.0684. The second-order valence-electron chi connectivity index (χ2n) is 8.13. The molecular formula is C24H26N6O3S. The number of aryl methyl sites for hydroxylation is 1. The number of ether oxygens (including phenoxy) is 1. The van der Waals surface area contributed by atoms with E-state index >= 15 is 0 Å². The lowest BCUT2D eigenvalue weighted by Crippen LogP contribution is -2.37. The van der Waals surface area contributed by atoms with Crippen LogP contribution in [-0.4, -0.2) is 60.2 Å². The van der Waals surface area contributed by atoms with Crippen molar-refractivity contribution in [3.63, 3.8) is 0 Å². The van der Waals surface area contributed by atoms with Crippen molar-refractivity contribution >= 4 is 38.2 Å². The first kappa shape index (κ1) is 22.3. The van der Waals surface area contributed by atoms with Crippen molar-refractivity contribution in [1.82, 2.24) is 19.7 Å². The summed E-state index contributed by atoms with van der Waals surface area (Å²) in [5, 5.41) is 8.71. The van der Waals surface area contributed by atoms with Gasteiger partial charge >= 0.3 is 0 Å². The van der Waals surface area contributed by atoms with E-state index in [9.17, 15) is 8.42 Å². The number of aromatic nitrogens is 4. The van der Waals surface area contributed by atoms with Gasteiger partial charge in [0.2, 0.25) is 5.95 Å². The fraction of sp³-hybridized carbons (Fsp3) is 0.292. The maximum Gasteiger partial charge on any atom is 0.228 e. The highest BCUT2D eigenvalue weighted by Gasteiger charge is 2.17. The minimum Gasteiger partial charge on any atom is -0.378 e. The Bertz CT molecular complexity index is 1430. The van der Waals surface area contributed by atoms with Gasteiger partial charge in [-0.15, -0.1) is 0 Å². The third-order valence-electron chi connectivity index (χ3n) is 5.92. The second kappa shape index (κ2) is 9.03. The van der Waals surface area contributed by atoms with Crippen LogP contribution in [0.25, 0.3) is 22.2 Å². The highest BCUT2D eigenvalue weighted by atomic mass is 32.2. The van der Waals surface area contributed by atoms with Gasteiger partial charge < -0.3 is 15.0 Å². The molecule has 10 heteroatoms. The second-order valence-corrected chi connectivity index (χ2v) is 10.4. The third-order valence-corrected chi connectivity index (χ3v) is 7.67. The van der Waals surface area contributed by atoms with Gasteiger partial charge in [-0.05, 0) is 30.3 Å². The molecule has 3 heterocycles. The monoisotopic (exact) mass is 478 g/mol. The van der Waals surface area contributed by atoms with Gasteiger partial charge in [-0.1, -0.05) is 19.1 Å². The molecule has 1 aliphatic heterocycles. The van der Waals surface area contributed by atoms with Crippen LogP contribution in [0.15, 0.2) is 59.6 Å². The van der Waals surface area contributed by atoms with Crippen LogP contribution in [0.4, 0.5) is 17.5 Å². The summed E-state index contributed by atoms with van der Waals surface area (Å²) in [6.07, 6.45) is 1.84. The van der Waals surface area contributed by atoms with E-state index in [2.05, 4.69) is 21.4 Å². The Labute approximate surface area is 198 Å². The number of rotatable bonds is 6. The van der Waals surface area contributed by atoms with E-state index < -0.39 is 9.84 Å². The van der Waals surface area contributed by atoms with Crippen LogP contribution in [-0.2, 0) is 21.6 Å². The van der Waals surface area contributed by atoms with Crippen LogP contribution in [0.5, 0.6) is 0 Å². The van der Waals surface area contributed by atoms with Crippen LogP contribution in [0, 0.1) is 0 Å². The first-order chi connectivity index (χ1) is 16.4. The average Bonchev–Trinajstić information content (AvgIpc) is 3.24. The predicted molar refractivity (Wildman–Crippen MR) is 132 cm³/mol. The number of morpholine rings is 1. The number of nitrogens with zero attached hydrogens (tertiary/aromatic N) is 5. The molecule has 0 saturated carbocycles. The summed E-state index contributed by atoms with van der Waals surface area (Å²) in [5.74, 6) is 1.32. The summed E-state index contributed by atoms with van der Waals surface area (Å²) in [6.45, 7) is 4.33. The van der Waals surface area contributed by atoms with Crippen LogP contribution >= 0.6 is 0 Å². The maximum atomic E-state index is 12.1. The van der Waals surface area contributed by atoms with Crippen molar-refractivity contribution in [2.24, 2.45) is 7.05 Å². The molecule has 1 saturated heterocycles. The van der Waals surface area contributed by atoms with Gasteiger partial charge in [-0.3, -0.25) is 4.68 Å². The topological polar surface area (TPSA) is 102 Å². The van der Waals surface area contributed by atoms with Crippen molar-refractivity contribution < 1.29 is 13.2 Å². The van der Waals surface area contributed by atoms with Gasteiger partial charge in [0, 0.05) is 42.8 Å². The number of sulfone groups is 1. The Morgan fingerprint density at radius 3 is 2.53 bits per heavy atom. The fourth-order valence-electron chi connectivity index (χ4n) is 3.91. The molecule has 0 unspecified atom stereocenters. The highest BCUT2D eigenvalue weighted by molar-refractivity contribution is 7.91. The van der Waals surface area contributed by atoms with Gasteiger partial charge in [0.1, 0.15) is 5.82 Å². The summed E-state index contributed by atoms with van der Waals surface area (Å²) in [5.41, 5.74) is 3.51. The molecule has 1 N–H and O–H groups in total. The first-order valence-electron chi connectivity index (χ1n) is 11.2. The van der Waals surface area contributed by atoms with Gasteiger partial charge in [-0.2, -0.15) is 10.1 Å². The van der Waals surface area contributed by atoms with E-state index in [4.69, 9.17) is 14.7 Å². The molecule has 0 spiro atoms. The molecule has 0 bridgehead atoms. The lowest BCUT2D eigenvalue weighted by molar-refractivity contribution is 0.122. The molecular weight excluding hydrogens is 452 g/mol. The van der Waals surface area contributed by atoms with Gasteiger partial charge in [0.25, 0.3) is 0 Å². The van der Waals surface area contributed by atoms with Crippen molar-refractivity contribution in [2.45, 2.75) is 11.8 Å². The van der Waals surface area contributed by atoms with Crippen molar-refractivity contribution in [3.05, 3.63) is 54.7 Å². The zero-order valence-corrected chi connectivity index (χ0v) is 19.9. The largest absolute Gasteiger partial charge is 0.378 e.